The molecule has 2 N–H and O–H groups in total. The van der Waals surface area contributed by atoms with E-state index in [4.69, 9.17) is 10.00 Å². The van der Waals surface area contributed by atoms with E-state index < -0.39 is 11.9 Å². The minimum absolute atomic E-state index is 0.0243. The first kappa shape index (κ1) is 19.7. The standard InChI is InChI=1S/C20H19N3O4/c1-14(24)22-17-8-4-16(5-9-17)12-20(26)27-13-19(25)23-18-6-2-15(3-7-18)10-11-21/h2-9H,10,12-13H2,1H3,(H,22,24)(H,23,25). The van der Waals surface area contributed by atoms with Crippen LogP contribution >= 0.6 is 0 Å². The molecule has 2 rings (SSSR count). The molecule has 0 bridgehead atoms. The predicted octanol–water partition coefficient (Wildman–Crippen LogP) is 2.44. The second-order valence-electron chi connectivity index (χ2n) is 5.80. The third-order valence-corrected chi connectivity index (χ3v) is 3.51. The van der Waals surface area contributed by atoms with Crippen LogP contribution in [-0.4, -0.2) is 24.4 Å². The molecule has 0 atom stereocenters. The van der Waals surface area contributed by atoms with Crippen LogP contribution in [0.15, 0.2) is 48.5 Å². The van der Waals surface area contributed by atoms with Crippen LogP contribution in [0.3, 0.4) is 0 Å². The third kappa shape index (κ3) is 7.00. The Morgan fingerprint density at radius 2 is 1.48 bits per heavy atom. The molecule has 0 aliphatic carbocycles. The number of nitriles is 1. The largest absolute Gasteiger partial charge is 0.455 e. The van der Waals surface area contributed by atoms with E-state index in [0.717, 1.165) is 5.56 Å². The van der Waals surface area contributed by atoms with E-state index in [2.05, 4.69) is 10.6 Å². The topological polar surface area (TPSA) is 108 Å². The first-order valence-corrected chi connectivity index (χ1v) is 8.24. The van der Waals surface area contributed by atoms with Gasteiger partial charge in [0.05, 0.1) is 18.9 Å². The highest BCUT2D eigenvalue weighted by molar-refractivity contribution is 5.93. The first-order valence-electron chi connectivity index (χ1n) is 8.24. The smallest absolute Gasteiger partial charge is 0.310 e. The van der Waals surface area contributed by atoms with Gasteiger partial charge < -0.3 is 15.4 Å². The molecule has 27 heavy (non-hydrogen) atoms. The summed E-state index contributed by atoms with van der Waals surface area (Å²) >= 11 is 0. The van der Waals surface area contributed by atoms with Gasteiger partial charge >= 0.3 is 5.97 Å². The Labute approximate surface area is 156 Å². The maximum atomic E-state index is 11.8. The summed E-state index contributed by atoms with van der Waals surface area (Å²) in [4.78, 5) is 34.7. The predicted molar refractivity (Wildman–Crippen MR) is 99.8 cm³/mol. The van der Waals surface area contributed by atoms with Gasteiger partial charge in [-0.3, -0.25) is 14.4 Å². The molecule has 2 aromatic carbocycles. The molecule has 7 heteroatoms. The van der Waals surface area contributed by atoms with Crippen LogP contribution in [-0.2, 0) is 32.0 Å². The number of carbonyl (C=O) groups is 3. The number of rotatable bonds is 7. The van der Waals surface area contributed by atoms with Gasteiger partial charge in [-0.1, -0.05) is 24.3 Å². The van der Waals surface area contributed by atoms with Gasteiger partial charge in [-0.05, 0) is 35.4 Å². The second-order valence-corrected chi connectivity index (χ2v) is 5.80. The lowest BCUT2D eigenvalue weighted by atomic mass is 10.1. The van der Waals surface area contributed by atoms with Crippen LogP contribution in [0.1, 0.15) is 18.1 Å². The van der Waals surface area contributed by atoms with Gasteiger partial charge in [0, 0.05) is 18.3 Å². The number of hydrogen-bond acceptors (Lipinski definition) is 5. The number of amides is 2. The maximum absolute atomic E-state index is 11.8. The normalized spacial score (nSPS) is 9.78. The molecule has 2 amide bonds. The average molecular weight is 365 g/mol. The van der Waals surface area contributed by atoms with Crippen LogP contribution in [0, 0.1) is 11.3 Å². The maximum Gasteiger partial charge on any atom is 0.310 e. The van der Waals surface area contributed by atoms with Crippen molar-refractivity contribution in [2.75, 3.05) is 17.2 Å². The number of ether oxygens (including phenoxy) is 1. The van der Waals surface area contributed by atoms with E-state index in [0.29, 0.717) is 23.4 Å². The summed E-state index contributed by atoms with van der Waals surface area (Å²) in [7, 11) is 0. The van der Waals surface area contributed by atoms with E-state index >= 15 is 0 Å². The number of nitrogens with one attached hydrogen (secondary N) is 2. The molecule has 0 saturated heterocycles. The molecule has 0 spiro atoms. The number of carbonyl (C=O) groups excluding carboxylic acids is 3. The third-order valence-electron chi connectivity index (χ3n) is 3.51. The molecule has 0 fully saturated rings. The van der Waals surface area contributed by atoms with Crippen LogP contribution in [0.25, 0.3) is 0 Å². The summed E-state index contributed by atoms with van der Waals surface area (Å²) in [5.41, 5.74) is 2.76. The summed E-state index contributed by atoms with van der Waals surface area (Å²) in [6, 6.07) is 15.7. The summed E-state index contributed by atoms with van der Waals surface area (Å²) < 4.78 is 4.97. The van der Waals surface area contributed by atoms with Crippen molar-refractivity contribution >= 4 is 29.2 Å². The fourth-order valence-electron chi connectivity index (χ4n) is 2.27. The summed E-state index contributed by atoms with van der Waals surface area (Å²) in [6.07, 6.45) is 0.328. The Bertz CT molecular complexity index is 852. The van der Waals surface area contributed by atoms with Crippen LogP contribution in [0.2, 0.25) is 0 Å². The molecule has 138 valence electrons. The Hall–Kier alpha value is -3.66. The van der Waals surface area contributed by atoms with Crippen molar-refractivity contribution in [3.63, 3.8) is 0 Å². The Kier molecular flexibility index (Phi) is 7.08. The van der Waals surface area contributed by atoms with E-state index in [9.17, 15) is 14.4 Å². The second kappa shape index (κ2) is 9.73. The molecule has 0 radical (unpaired) electrons. The highest BCUT2D eigenvalue weighted by Crippen LogP contribution is 2.11. The monoisotopic (exact) mass is 365 g/mol. The van der Waals surface area contributed by atoms with Crippen LogP contribution < -0.4 is 10.6 Å². The van der Waals surface area contributed by atoms with Gasteiger partial charge in [-0.2, -0.15) is 5.26 Å². The van der Waals surface area contributed by atoms with Crippen molar-refractivity contribution in [3.8, 4) is 6.07 Å². The zero-order valence-electron chi connectivity index (χ0n) is 14.8. The molecule has 2 aromatic rings. The van der Waals surface area contributed by atoms with E-state index in [1.54, 1.807) is 48.5 Å². The van der Waals surface area contributed by atoms with E-state index in [1.165, 1.54) is 6.92 Å². The van der Waals surface area contributed by atoms with Crippen molar-refractivity contribution in [3.05, 3.63) is 59.7 Å². The zero-order chi connectivity index (χ0) is 19.6. The number of esters is 1. The zero-order valence-corrected chi connectivity index (χ0v) is 14.8. The van der Waals surface area contributed by atoms with Crippen molar-refractivity contribution in [1.29, 1.82) is 5.26 Å². The minimum Gasteiger partial charge on any atom is -0.455 e. The molecule has 0 aliphatic heterocycles. The molecule has 0 aromatic heterocycles. The SMILES string of the molecule is CC(=O)Nc1ccc(CC(=O)OCC(=O)Nc2ccc(CC#N)cc2)cc1. The number of hydrogen-bond donors (Lipinski definition) is 2. The Morgan fingerprint density at radius 3 is 2.04 bits per heavy atom. The first-order chi connectivity index (χ1) is 13.0. The molecule has 0 unspecified atom stereocenters. The van der Waals surface area contributed by atoms with Crippen molar-refractivity contribution in [2.24, 2.45) is 0 Å². The van der Waals surface area contributed by atoms with Gasteiger partial charge in [0.1, 0.15) is 0 Å². The number of nitrogens with zero attached hydrogens (tertiary/aromatic N) is 1. The lowest BCUT2D eigenvalue weighted by molar-refractivity contribution is -0.146. The van der Waals surface area contributed by atoms with Gasteiger partial charge in [0.2, 0.25) is 5.91 Å². The van der Waals surface area contributed by atoms with Crippen molar-refractivity contribution in [1.82, 2.24) is 0 Å². The molecule has 7 nitrogen and oxygen atoms in total. The Morgan fingerprint density at radius 1 is 0.926 bits per heavy atom. The average Bonchev–Trinajstić information content (AvgIpc) is 2.63. The lowest BCUT2D eigenvalue weighted by Gasteiger charge is -2.08. The van der Waals surface area contributed by atoms with Crippen molar-refractivity contribution < 1.29 is 19.1 Å². The van der Waals surface area contributed by atoms with Crippen molar-refractivity contribution in [2.45, 2.75) is 19.8 Å². The minimum atomic E-state index is -0.526. The molecule has 0 saturated carbocycles. The van der Waals surface area contributed by atoms with E-state index in [1.807, 2.05) is 6.07 Å². The number of benzene rings is 2. The Balaban J connectivity index is 1.76. The lowest BCUT2D eigenvalue weighted by Crippen LogP contribution is -2.21. The van der Waals surface area contributed by atoms with Gasteiger partial charge in [0.15, 0.2) is 6.61 Å². The van der Waals surface area contributed by atoms with Gasteiger partial charge in [-0.15, -0.1) is 0 Å². The summed E-state index contributed by atoms with van der Waals surface area (Å²) in [6.45, 7) is 1.03. The van der Waals surface area contributed by atoms with Gasteiger partial charge in [0.25, 0.3) is 5.91 Å². The van der Waals surface area contributed by atoms with Crippen LogP contribution in [0.4, 0.5) is 11.4 Å². The fraction of sp³-hybridized carbons (Fsp3) is 0.200. The molecular formula is C20H19N3O4. The van der Waals surface area contributed by atoms with Gasteiger partial charge in [-0.25, -0.2) is 0 Å². The molecule has 0 aliphatic rings. The fourth-order valence-corrected chi connectivity index (χ4v) is 2.27. The van der Waals surface area contributed by atoms with E-state index in [-0.39, 0.29) is 18.9 Å². The molecular weight excluding hydrogens is 346 g/mol. The number of anilines is 2. The summed E-state index contributed by atoms with van der Waals surface area (Å²) in [5, 5.41) is 13.9. The quantitative estimate of drug-likeness (QED) is 0.733. The van der Waals surface area contributed by atoms with Crippen LogP contribution in [0.5, 0.6) is 0 Å². The summed E-state index contributed by atoms with van der Waals surface area (Å²) in [5.74, 6) is -1.15. The highest BCUT2D eigenvalue weighted by Gasteiger charge is 2.09. The highest BCUT2D eigenvalue weighted by atomic mass is 16.5. The molecule has 0 heterocycles.